The number of amides is 1. The maximum Gasteiger partial charge on any atom is 0.419 e. The molecule has 7 nitrogen and oxygen atoms in total. The Labute approximate surface area is 160 Å². The minimum absolute atomic E-state index is 0.223. The Morgan fingerprint density at radius 1 is 1.37 bits per heavy atom. The van der Waals surface area contributed by atoms with E-state index in [9.17, 15) is 9.59 Å². The molecule has 142 valence electrons. The van der Waals surface area contributed by atoms with E-state index in [0.717, 1.165) is 36.6 Å². The van der Waals surface area contributed by atoms with Crippen molar-refractivity contribution < 1.29 is 9.21 Å². The number of para-hydroxylation sites is 1. The molecule has 27 heavy (non-hydrogen) atoms. The largest absolute Gasteiger partial charge is 0.419 e. The van der Waals surface area contributed by atoms with Crippen molar-refractivity contribution >= 4 is 34.0 Å². The normalized spacial score (nSPS) is 18.1. The maximum atomic E-state index is 12.9. The molecule has 2 aromatic heterocycles. The summed E-state index contributed by atoms with van der Waals surface area (Å²) in [6.45, 7) is 3.95. The Hall–Kier alpha value is -2.45. The number of rotatable bonds is 3. The van der Waals surface area contributed by atoms with Gasteiger partial charge in [0.15, 0.2) is 5.58 Å². The van der Waals surface area contributed by atoms with Gasteiger partial charge in [-0.2, -0.15) is 0 Å². The van der Waals surface area contributed by atoms with Crippen LogP contribution >= 0.6 is 11.3 Å². The number of nitrogens with one attached hydrogen (secondary N) is 1. The highest BCUT2D eigenvalue weighted by atomic mass is 32.1. The van der Waals surface area contributed by atoms with Gasteiger partial charge in [0.2, 0.25) is 0 Å². The molecule has 1 atom stereocenters. The molecule has 0 radical (unpaired) electrons. The van der Waals surface area contributed by atoms with Crippen LogP contribution in [0.15, 0.2) is 27.4 Å². The van der Waals surface area contributed by atoms with Crippen molar-refractivity contribution in [3.8, 4) is 0 Å². The summed E-state index contributed by atoms with van der Waals surface area (Å²) in [7, 11) is 3.76. The van der Waals surface area contributed by atoms with E-state index < -0.39 is 5.76 Å². The van der Waals surface area contributed by atoms with E-state index in [1.165, 1.54) is 15.9 Å². The van der Waals surface area contributed by atoms with E-state index >= 15 is 0 Å². The van der Waals surface area contributed by atoms with Crippen molar-refractivity contribution in [1.29, 1.82) is 0 Å². The van der Waals surface area contributed by atoms with Crippen molar-refractivity contribution in [2.75, 3.05) is 25.5 Å². The van der Waals surface area contributed by atoms with Gasteiger partial charge in [-0.05, 0) is 45.5 Å². The number of likely N-dealkylation sites (tertiary alicyclic amines) is 1. The summed E-state index contributed by atoms with van der Waals surface area (Å²) in [6, 6.07) is 5.30. The molecule has 0 aliphatic carbocycles. The minimum atomic E-state index is -0.454. The quantitative estimate of drug-likeness (QED) is 0.749. The number of aryl methyl sites for hydroxylation is 2. The van der Waals surface area contributed by atoms with Crippen LogP contribution < -0.4 is 11.1 Å². The number of anilines is 1. The summed E-state index contributed by atoms with van der Waals surface area (Å²) in [4.78, 5) is 32.2. The molecule has 1 amide bonds. The lowest BCUT2D eigenvalue weighted by atomic mass is 9.99. The molecule has 1 N–H and O–H groups in total. The molecule has 0 bridgehead atoms. The third-order valence-electron chi connectivity index (χ3n) is 5.06. The van der Waals surface area contributed by atoms with E-state index in [-0.39, 0.29) is 5.91 Å². The van der Waals surface area contributed by atoms with Crippen molar-refractivity contribution in [2.45, 2.75) is 25.7 Å². The van der Waals surface area contributed by atoms with Crippen molar-refractivity contribution in [1.82, 2.24) is 14.5 Å². The lowest BCUT2D eigenvalue weighted by Gasteiger charge is -2.28. The fraction of sp³-hybridized carbons (Fsp3) is 0.421. The summed E-state index contributed by atoms with van der Waals surface area (Å²) in [5.41, 5.74) is 2.25. The van der Waals surface area contributed by atoms with Crippen LogP contribution in [-0.2, 0) is 7.05 Å². The molecule has 1 unspecified atom stereocenters. The van der Waals surface area contributed by atoms with Gasteiger partial charge in [0.25, 0.3) is 5.91 Å². The second-order valence-electron chi connectivity index (χ2n) is 7.10. The highest BCUT2D eigenvalue weighted by Crippen LogP contribution is 2.32. The molecule has 0 spiro atoms. The minimum Gasteiger partial charge on any atom is -0.405 e. The Kier molecular flexibility index (Phi) is 4.61. The number of thiazole rings is 1. The van der Waals surface area contributed by atoms with Crippen LogP contribution in [0.5, 0.6) is 0 Å². The number of aromatic nitrogens is 2. The van der Waals surface area contributed by atoms with Crippen LogP contribution in [-0.4, -0.2) is 40.5 Å². The number of carbonyl (C=O) groups excluding carboxylic acids is 1. The molecule has 3 heterocycles. The predicted octanol–water partition coefficient (Wildman–Crippen LogP) is 2.96. The first-order valence-corrected chi connectivity index (χ1v) is 9.81. The number of oxazole rings is 1. The number of benzene rings is 1. The monoisotopic (exact) mass is 386 g/mol. The Balaban J connectivity index is 1.61. The van der Waals surface area contributed by atoms with Gasteiger partial charge in [-0.25, -0.2) is 9.78 Å². The van der Waals surface area contributed by atoms with Crippen LogP contribution in [0.3, 0.4) is 0 Å². The van der Waals surface area contributed by atoms with Gasteiger partial charge in [-0.3, -0.25) is 9.36 Å². The van der Waals surface area contributed by atoms with Crippen molar-refractivity contribution in [3.63, 3.8) is 0 Å². The number of nitrogens with zero attached hydrogens (tertiary/aromatic N) is 3. The Morgan fingerprint density at radius 2 is 2.19 bits per heavy atom. The molecule has 1 aliphatic heterocycles. The predicted molar refractivity (Wildman–Crippen MR) is 106 cm³/mol. The molecule has 1 fully saturated rings. The highest BCUT2D eigenvalue weighted by molar-refractivity contribution is 7.14. The molecule has 0 saturated carbocycles. The number of fused-ring (bicyclic) bond motifs is 1. The first-order valence-electron chi connectivity index (χ1n) is 9.00. The zero-order valence-electron chi connectivity index (χ0n) is 15.6. The van der Waals surface area contributed by atoms with Crippen LogP contribution in [0.4, 0.5) is 5.69 Å². The summed E-state index contributed by atoms with van der Waals surface area (Å²) < 4.78 is 6.70. The maximum absolute atomic E-state index is 12.9. The Bertz CT molecular complexity index is 1060. The molecule has 1 aromatic carbocycles. The summed E-state index contributed by atoms with van der Waals surface area (Å²) in [5.74, 6) is -0.298. The van der Waals surface area contributed by atoms with Crippen molar-refractivity contribution in [2.24, 2.45) is 7.05 Å². The zero-order valence-corrected chi connectivity index (χ0v) is 16.4. The first kappa shape index (κ1) is 17.9. The number of carbonyl (C=O) groups is 1. The second-order valence-corrected chi connectivity index (χ2v) is 8.13. The molecular weight excluding hydrogens is 364 g/mol. The van der Waals surface area contributed by atoms with Gasteiger partial charge >= 0.3 is 5.76 Å². The van der Waals surface area contributed by atoms with Crippen LogP contribution in [0.1, 0.15) is 39.1 Å². The van der Waals surface area contributed by atoms with E-state index in [1.54, 1.807) is 25.2 Å². The van der Waals surface area contributed by atoms with Gasteiger partial charge in [0, 0.05) is 19.5 Å². The van der Waals surface area contributed by atoms with Gasteiger partial charge in [0.05, 0.1) is 21.9 Å². The number of likely N-dealkylation sites (N-methyl/N-ethyl adjacent to an activating group) is 1. The fourth-order valence-corrected chi connectivity index (χ4v) is 4.69. The van der Waals surface area contributed by atoms with Crippen LogP contribution in [0, 0.1) is 6.92 Å². The molecular formula is C19H22N4O3S. The number of hydrogen-bond donors (Lipinski definition) is 1. The standard InChI is InChI=1S/C19H22N4O3S/c1-11-16(27-18(20-11)12-6-5-9-22(2)10-12)17(24)21-13-7-4-8-14-15(13)26-19(25)23(14)3/h4,7-8,12H,5-6,9-10H2,1-3H3,(H,21,24). The average Bonchev–Trinajstić information content (AvgIpc) is 3.17. The van der Waals surface area contributed by atoms with Crippen LogP contribution in [0.2, 0.25) is 0 Å². The lowest BCUT2D eigenvalue weighted by Crippen LogP contribution is -2.30. The summed E-state index contributed by atoms with van der Waals surface area (Å²) in [6.07, 6.45) is 2.25. The van der Waals surface area contributed by atoms with Gasteiger partial charge < -0.3 is 14.6 Å². The lowest BCUT2D eigenvalue weighted by molar-refractivity contribution is 0.103. The molecule has 1 saturated heterocycles. The third-order valence-corrected chi connectivity index (χ3v) is 6.38. The SMILES string of the molecule is Cc1nc(C2CCCN(C)C2)sc1C(=O)Nc1cccc2c1oc(=O)n2C. The topological polar surface area (TPSA) is 80.4 Å². The summed E-state index contributed by atoms with van der Waals surface area (Å²) in [5, 5.41) is 3.90. The van der Waals surface area contributed by atoms with E-state index in [4.69, 9.17) is 4.42 Å². The molecule has 4 rings (SSSR count). The van der Waals surface area contributed by atoms with Gasteiger partial charge in [-0.1, -0.05) is 6.07 Å². The fourth-order valence-electron chi connectivity index (χ4n) is 3.60. The average molecular weight is 386 g/mol. The number of hydrogen-bond acceptors (Lipinski definition) is 6. The third kappa shape index (κ3) is 3.30. The van der Waals surface area contributed by atoms with Gasteiger partial charge in [-0.15, -0.1) is 11.3 Å². The first-order chi connectivity index (χ1) is 12.9. The second kappa shape index (κ2) is 6.94. The smallest absolute Gasteiger partial charge is 0.405 e. The molecule has 8 heteroatoms. The van der Waals surface area contributed by atoms with E-state index in [2.05, 4.69) is 22.2 Å². The van der Waals surface area contributed by atoms with Crippen LogP contribution in [0.25, 0.3) is 11.1 Å². The van der Waals surface area contributed by atoms with Gasteiger partial charge in [0.1, 0.15) is 4.88 Å². The van der Waals surface area contributed by atoms with E-state index in [1.807, 2.05) is 6.92 Å². The highest BCUT2D eigenvalue weighted by Gasteiger charge is 2.25. The van der Waals surface area contributed by atoms with Crippen molar-refractivity contribution in [3.05, 3.63) is 44.3 Å². The zero-order chi connectivity index (χ0) is 19.1. The Morgan fingerprint density at radius 3 is 2.96 bits per heavy atom. The number of piperidine rings is 1. The summed E-state index contributed by atoms with van der Waals surface area (Å²) >= 11 is 1.46. The molecule has 3 aromatic rings. The molecule has 1 aliphatic rings. The van der Waals surface area contributed by atoms with E-state index in [0.29, 0.717) is 27.6 Å².